The van der Waals surface area contributed by atoms with E-state index < -0.39 is 17.9 Å². The van der Waals surface area contributed by atoms with Gasteiger partial charge in [-0.3, -0.25) is 4.90 Å². The van der Waals surface area contributed by atoms with E-state index in [2.05, 4.69) is 15.5 Å². The van der Waals surface area contributed by atoms with Gasteiger partial charge in [0.15, 0.2) is 0 Å². The Labute approximate surface area is 207 Å². The minimum Gasteiger partial charge on any atom is -0.334 e. The number of aryl methyl sites for hydroxylation is 2. The van der Waals surface area contributed by atoms with Crippen LogP contribution in [0.25, 0.3) is 17.0 Å². The van der Waals surface area contributed by atoms with Crippen molar-refractivity contribution in [1.82, 2.24) is 15.5 Å². The SMILES string of the molecule is CC1=C(c2nc(-c3cccc(C)c3)no2)C(c2cccc(Cl)c2)NC(=O)N1c1ccc(C)c(F)c1. The molecule has 3 aromatic carbocycles. The zero-order valence-electron chi connectivity index (χ0n) is 19.3. The Hall–Kier alpha value is -3.97. The molecule has 0 fully saturated rings. The van der Waals surface area contributed by atoms with Crippen molar-refractivity contribution in [3.8, 4) is 11.4 Å². The van der Waals surface area contributed by atoms with Gasteiger partial charge in [0.2, 0.25) is 5.82 Å². The number of rotatable bonds is 4. The second kappa shape index (κ2) is 9.00. The van der Waals surface area contributed by atoms with Crippen LogP contribution in [0.1, 0.15) is 35.5 Å². The van der Waals surface area contributed by atoms with Crippen molar-refractivity contribution in [3.05, 3.63) is 106 Å². The molecule has 1 N–H and O–H groups in total. The molecule has 1 aliphatic rings. The number of benzene rings is 3. The van der Waals surface area contributed by atoms with Crippen LogP contribution in [-0.2, 0) is 0 Å². The van der Waals surface area contributed by atoms with Gasteiger partial charge in [0, 0.05) is 16.3 Å². The van der Waals surface area contributed by atoms with Crippen LogP contribution < -0.4 is 10.2 Å². The summed E-state index contributed by atoms with van der Waals surface area (Å²) in [5.41, 5.74) is 4.66. The number of allylic oxidation sites excluding steroid dienone is 1. The first kappa shape index (κ1) is 22.8. The molecule has 1 aromatic heterocycles. The molecule has 2 amide bonds. The van der Waals surface area contributed by atoms with E-state index in [1.165, 1.54) is 11.0 Å². The van der Waals surface area contributed by atoms with Gasteiger partial charge in [-0.25, -0.2) is 9.18 Å². The van der Waals surface area contributed by atoms with E-state index in [1.807, 2.05) is 43.3 Å². The molecule has 2 heterocycles. The average molecular weight is 489 g/mol. The number of carbonyl (C=O) groups excluding carboxylic acids is 1. The highest BCUT2D eigenvalue weighted by Gasteiger charge is 2.36. The fourth-order valence-electron chi connectivity index (χ4n) is 4.22. The molecular formula is C27H22ClFN4O2. The van der Waals surface area contributed by atoms with Crippen LogP contribution in [-0.4, -0.2) is 16.2 Å². The highest BCUT2D eigenvalue weighted by molar-refractivity contribution is 6.30. The number of anilines is 1. The lowest BCUT2D eigenvalue weighted by atomic mass is 9.94. The molecule has 0 spiro atoms. The molecule has 5 rings (SSSR count). The Kier molecular flexibility index (Phi) is 5.86. The third kappa shape index (κ3) is 4.31. The van der Waals surface area contributed by atoms with Crippen LogP contribution in [0.15, 0.2) is 77.0 Å². The average Bonchev–Trinajstić information content (AvgIpc) is 3.31. The van der Waals surface area contributed by atoms with Crippen LogP contribution in [0.4, 0.5) is 14.9 Å². The van der Waals surface area contributed by atoms with Crippen LogP contribution >= 0.6 is 11.6 Å². The quantitative estimate of drug-likeness (QED) is 0.341. The molecule has 0 saturated carbocycles. The predicted octanol–water partition coefficient (Wildman–Crippen LogP) is 6.85. The van der Waals surface area contributed by atoms with Gasteiger partial charge in [-0.1, -0.05) is 58.7 Å². The van der Waals surface area contributed by atoms with Crippen molar-refractivity contribution in [2.75, 3.05) is 4.90 Å². The van der Waals surface area contributed by atoms with Gasteiger partial charge in [0.25, 0.3) is 5.89 Å². The number of nitrogens with one attached hydrogen (secondary N) is 1. The normalized spacial score (nSPS) is 16.0. The highest BCUT2D eigenvalue weighted by Crippen LogP contribution is 2.39. The van der Waals surface area contributed by atoms with Gasteiger partial charge in [-0.05, 0) is 62.2 Å². The minimum absolute atomic E-state index is 0.251. The molecule has 1 aliphatic heterocycles. The summed E-state index contributed by atoms with van der Waals surface area (Å²) in [6.07, 6.45) is 0. The Morgan fingerprint density at radius 3 is 2.57 bits per heavy atom. The third-order valence-corrected chi connectivity index (χ3v) is 6.25. The standard InChI is InChI=1S/C27H22ClFN4O2/c1-15-6-4-8-19(12-15)25-31-26(35-32-25)23-17(3)33(21-11-10-16(2)22(29)14-21)27(34)30-24(23)18-7-5-9-20(28)13-18/h4-14,24H,1-3H3,(H,30,34). The molecule has 0 bridgehead atoms. The summed E-state index contributed by atoms with van der Waals surface area (Å²) >= 11 is 6.25. The zero-order chi connectivity index (χ0) is 24.7. The summed E-state index contributed by atoms with van der Waals surface area (Å²) in [6, 6.07) is 18.7. The first-order valence-corrected chi connectivity index (χ1v) is 11.4. The van der Waals surface area contributed by atoms with Crippen molar-refractivity contribution in [2.24, 2.45) is 0 Å². The van der Waals surface area contributed by atoms with Gasteiger partial charge in [-0.15, -0.1) is 0 Å². The molecule has 6 nitrogen and oxygen atoms in total. The second-order valence-electron chi connectivity index (χ2n) is 8.50. The van der Waals surface area contributed by atoms with Crippen molar-refractivity contribution in [1.29, 1.82) is 0 Å². The maximum atomic E-state index is 14.4. The van der Waals surface area contributed by atoms with E-state index in [0.29, 0.717) is 33.4 Å². The van der Waals surface area contributed by atoms with E-state index in [0.717, 1.165) is 16.7 Å². The largest absolute Gasteiger partial charge is 0.334 e. The predicted molar refractivity (Wildman–Crippen MR) is 133 cm³/mol. The van der Waals surface area contributed by atoms with Gasteiger partial charge in [0.05, 0.1) is 17.3 Å². The molecule has 4 aromatic rings. The first-order valence-electron chi connectivity index (χ1n) is 11.1. The highest BCUT2D eigenvalue weighted by atomic mass is 35.5. The number of hydrogen-bond acceptors (Lipinski definition) is 4. The summed E-state index contributed by atoms with van der Waals surface area (Å²) in [4.78, 5) is 19.3. The van der Waals surface area contributed by atoms with Crippen LogP contribution in [0, 0.1) is 19.7 Å². The number of aromatic nitrogens is 2. The van der Waals surface area contributed by atoms with E-state index >= 15 is 0 Å². The zero-order valence-corrected chi connectivity index (χ0v) is 20.1. The summed E-state index contributed by atoms with van der Waals surface area (Å²) in [6.45, 7) is 5.44. The van der Waals surface area contributed by atoms with E-state index in [1.54, 1.807) is 38.1 Å². The van der Waals surface area contributed by atoms with Crippen molar-refractivity contribution >= 4 is 28.9 Å². The van der Waals surface area contributed by atoms with Gasteiger partial charge >= 0.3 is 6.03 Å². The molecule has 1 atom stereocenters. The number of hydrogen-bond donors (Lipinski definition) is 1. The van der Waals surface area contributed by atoms with Gasteiger partial charge < -0.3 is 9.84 Å². The Balaban J connectivity index is 1.67. The molecular weight excluding hydrogens is 467 g/mol. The fourth-order valence-corrected chi connectivity index (χ4v) is 4.42. The Bertz CT molecular complexity index is 1480. The molecule has 1 unspecified atom stereocenters. The number of amides is 2. The summed E-state index contributed by atoms with van der Waals surface area (Å²) in [7, 11) is 0. The monoisotopic (exact) mass is 488 g/mol. The van der Waals surface area contributed by atoms with Crippen molar-refractivity contribution in [2.45, 2.75) is 26.8 Å². The smallest absolute Gasteiger partial charge is 0.327 e. The van der Waals surface area contributed by atoms with E-state index in [4.69, 9.17) is 16.1 Å². The molecule has 176 valence electrons. The van der Waals surface area contributed by atoms with E-state index in [9.17, 15) is 9.18 Å². The maximum absolute atomic E-state index is 14.4. The Morgan fingerprint density at radius 2 is 1.83 bits per heavy atom. The number of carbonyl (C=O) groups is 1. The molecule has 0 aliphatic carbocycles. The molecule has 8 heteroatoms. The lowest BCUT2D eigenvalue weighted by Crippen LogP contribution is -2.46. The van der Waals surface area contributed by atoms with Crippen LogP contribution in [0.3, 0.4) is 0 Å². The van der Waals surface area contributed by atoms with Crippen LogP contribution in [0.5, 0.6) is 0 Å². The molecule has 0 radical (unpaired) electrons. The number of nitrogens with zero attached hydrogens (tertiary/aromatic N) is 3. The van der Waals surface area contributed by atoms with Gasteiger partial charge in [0.1, 0.15) is 5.82 Å². The number of halogens is 2. The second-order valence-corrected chi connectivity index (χ2v) is 8.93. The van der Waals surface area contributed by atoms with Crippen molar-refractivity contribution in [3.63, 3.8) is 0 Å². The van der Waals surface area contributed by atoms with E-state index in [-0.39, 0.29) is 5.89 Å². The lowest BCUT2D eigenvalue weighted by Gasteiger charge is -2.35. The van der Waals surface area contributed by atoms with Gasteiger partial charge in [-0.2, -0.15) is 4.98 Å². The van der Waals surface area contributed by atoms with Crippen molar-refractivity contribution < 1.29 is 13.7 Å². The third-order valence-electron chi connectivity index (χ3n) is 6.01. The minimum atomic E-state index is -0.599. The topological polar surface area (TPSA) is 71.3 Å². The van der Waals surface area contributed by atoms with Crippen LogP contribution in [0.2, 0.25) is 5.02 Å². The summed E-state index contributed by atoms with van der Waals surface area (Å²) in [5, 5.41) is 7.72. The fraction of sp³-hybridized carbons (Fsp3) is 0.148. The molecule has 35 heavy (non-hydrogen) atoms. The molecule has 0 saturated heterocycles. The lowest BCUT2D eigenvalue weighted by molar-refractivity contribution is 0.244. The maximum Gasteiger partial charge on any atom is 0.327 e. The summed E-state index contributed by atoms with van der Waals surface area (Å²) < 4.78 is 20.1. The number of urea groups is 1. The summed E-state index contributed by atoms with van der Waals surface area (Å²) in [5.74, 6) is 0.279. The first-order chi connectivity index (χ1) is 16.8. The Morgan fingerprint density at radius 1 is 1.03 bits per heavy atom.